The van der Waals surface area contributed by atoms with Gasteiger partial charge < -0.3 is 18.9 Å². The predicted molar refractivity (Wildman–Crippen MR) is 133 cm³/mol. The predicted octanol–water partition coefficient (Wildman–Crippen LogP) is 5.13. The molecule has 9 heteroatoms. The van der Waals surface area contributed by atoms with Crippen LogP contribution in [0.2, 0.25) is 5.02 Å². The molecule has 3 aromatic rings. The summed E-state index contributed by atoms with van der Waals surface area (Å²) in [5.74, 6) is 0.821. The number of esters is 1. The number of ether oxygens (including phenoxy) is 4. The van der Waals surface area contributed by atoms with Gasteiger partial charge in [0.15, 0.2) is 11.5 Å². The monoisotopic (exact) mass is 496 g/mol. The van der Waals surface area contributed by atoms with Crippen LogP contribution in [0, 0.1) is 0 Å². The van der Waals surface area contributed by atoms with Crippen LogP contribution in [0.25, 0.3) is 0 Å². The van der Waals surface area contributed by atoms with Gasteiger partial charge >= 0.3 is 5.97 Å². The summed E-state index contributed by atoms with van der Waals surface area (Å²) in [4.78, 5) is 25.1. The van der Waals surface area contributed by atoms with Crippen LogP contribution in [-0.2, 0) is 0 Å². The van der Waals surface area contributed by atoms with Crippen LogP contribution in [-0.4, -0.2) is 38.4 Å². The summed E-state index contributed by atoms with van der Waals surface area (Å²) in [7, 11) is 1.54. The van der Waals surface area contributed by atoms with Crippen LogP contribution in [0.5, 0.6) is 23.0 Å². The number of benzene rings is 3. The van der Waals surface area contributed by atoms with E-state index in [0.29, 0.717) is 46.6 Å². The summed E-state index contributed by atoms with van der Waals surface area (Å²) in [5.41, 5.74) is 3.52. The number of nitrogens with one attached hydrogen (secondary N) is 1. The minimum absolute atomic E-state index is 0.216. The second kappa shape index (κ2) is 12.4. The normalized spacial score (nSPS) is 10.6. The summed E-state index contributed by atoms with van der Waals surface area (Å²) in [5, 5.41) is 4.38. The Hall–Kier alpha value is -4.04. The number of carbonyl (C=O) groups excluding carboxylic acids is 2. The Morgan fingerprint density at radius 3 is 2.23 bits per heavy atom. The molecule has 0 aliphatic carbocycles. The molecular formula is C26H25ClN2O6. The maximum absolute atomic E-state index is 12.8. The first-order valence-electron chi connectivity index (χ1n) is 10.8. The fourth-order valence-corrected chi connectivity index (χ4v) is 3.20. The fraction of sp³-hybridized carbons (Fsp3) is 0.192. The largest absolute Gasteiger partial charge is 0.497 e. The lowest BCUT2D eigenvalue weighted by Crippen LogP contribution is -2.17. The Morgan fingerprint density at radius 1 is 0.886 bits per heavy atom. The Kier molecular flexibility index (Phi) is 9.09. The molecule has 3 aromatic carbocycles. The van der Waals surface area contributed by atoms with Crippen molar-refractivity contribution < 1.29 is 28.5 Å². The highest BCUT2D eigenvalue weighted by Crippen LogP contribution is 2.29. The molecule has 35 heavy (non-hydrogen) atoms. The van der Waals surface area contributed by atoms with E-state index in [1.807, 2.05) is 13.8 Å². The molecule has 3 rings (SSSR count). The van der Waals surface area contributed by atoms with Crippen LogP contribution in [0.3, 0.4) is 0 Å². The molecule has 0 atom stereocenters. The number of amides is 1. The van der Waals surface area contributed by atoms with Gasteiger partial charge in [0.05, 0.1) is 32.1 Å². The van der Waals surface area contributed by atoms with Crippen molar-refractivity contribution >= 4 is 29.7 Å². The number of hydrogen-bond acceptors (Lipinski definition) is 7. The van der Waals surface area contributed by atoms with Gasteiger partial charge in [-0.2, -0.15) is 5.10 Å². The summed E-state index contributed by atoms with van der Waals surface area (Å²) >= 11 is 6.11. The number of methoxy groups -OCH3 is 1. The minimum atomic E-state index is -0.603. The molecule has 0 radical (unpaired) electrons. The molecule has 1 amide bonds. The van der Waals surface area contributed by atoms with Crippen LogP contribution < -0.4 is 24.4 Å². The number of halogens is 1. The summed E-state index contributed by atoms with van der Waals surface area (Å²) in [6.45, 7) is 4.58. The van der Waals surface area contributed by atoms with Crippen molar-refractivity contribution in [2.45, 2.75) is 13.8 Å². The lowest BCUT2D eigenvalue weighted by Gasteiger charge is -2.13. The van der Waals surface area contributed by atoms with Gasteiger partial charge in [0.2, 0.25) is 0 Å². The molecule has 0 heterocycles. The van der Waals surface area contributed by atoms with E-state index in [0.717, 1.165) is 0 Å². The highest BCUT2D eigenvalue weighted by atomic mass is 35.5. The van der Waals surface area contributed by atoms with Gasteiger partial charge in [0, 0.05) is 16.1 Å². The molecule has 0 unspecified atom stereocenters. The molecule has 182 valence electrons. The quantitative estimate of drug-likeness (QED) is 0.181. The van der Waals surface area contributed by atoms with Crippen molar-refractivity contribution in [1.82, 2.24) is 5.43 Å². The van der Waals surface area contributed by atoms with Crippen molar-refractivity contribution in [3.8, 4) is 23.0 Å². The maximum atomic E-state index is 12.8. The number of nitrogens with zero attached hydrogens (tertiary/aromatic N) is 1. The van der Waals surface area contributed by atoms with Gasteiger partial charge in [-0.3, -0.25) is 4.79 Å². The van der Waals surface area contributed by atoms with E-state index in [9.17, 15) is 9.59 Å². The molecule has 0 aliphatic heterocycles. The Bertz CT molecular complexity index is 1210. The van der Waals surface area contributed by atoms with Crippen LogP contribution >= 0.6 is 11.6 Å². The fourth-order valence-electron chi connectivity index (χ4n) is 3.02. The zero-order valence-corrected chi connectivity index (χ0v) is 20.3. The third kappa shape index (κ3) is 6.97. The molecule has 0 spiro atoms. The number of hydrazone groups is 1. The lowest BCUT2D eigenvalue weighted by atomic mass is 10.2. The highest BCUT2D eigenvalue weighted by Gasteiger charge is 2.15. The molecular weight excluding hydrogens is 472 g/mol. The topological polar surface area (TPSA) is 95.5 Å². The molecule has 0 saturated carbocycles. The Labute approximate surface area is 208 Å². The van der Waals surface area contributed by atoms with E-state index in [1.54, 1.807) is 67.8 Å². The second-order valence-corrected chi connectivity index (χ2v) is 7.46. The third-order valence-electron chi connectivity index (χ3n) is 4.68. The van der Waals surface area contributed by atoms with E-state index in [4.69, 9.17) is 30.5 Å². The van der Waals surface area contributed by atoms with Gasteiger partial charge in [-0.25, -0.2) is 10.2 Å². The number of rotatable bonds is 10. The Morgan fingerprint density at radius 2 is 1.54 bits per heavy atom. The van der Waals surface area contributed by atoms with Gasteiger partial charge in [-0.15, -0.1) is 0 Å². The van der Waals surface area contributed by atoms with Gasteiger partial charge in [0.1, 0.15) is 11.5 Å². The maximum Gasteiger partial charge on any atom is 0.343 e. The van der Waals surface area contributed by atoms with Gasteiger partial charge in [-0.05, 0) is 74.5 Å². The molecule has 1 N–H and O–H groups in total. The van der Waals surface area contributed by atoms with E-state index in [1.165, 1.54) is 6.21 Å². The standard InChI is InChI=1S/C26H25ClN2O6/c1-4-33-23-12-8-18(15-24(23)34-5-2)26(31)35-22-13-9-20(27)14-19(22)16-28-29-25(30)17-6-10-21(32-3)11-7-17/h6-16H,4-5H2,1-3H3,(H,29,30)/b28-16+. The number of carbonyl (C=O) groups is 2. The van der Waals surface area contributed by atoms with Crippen LogP contribution in [0.4, 0.5) is 0 Å². The smallest absolute Gasteiger partial charge is 0.343 e. The molecule has 0 bridgehead atoms. The van der Waals surface area contributed by atoms with E-state index < -0.39 is 11.9 Å². The lowest BCUT2D eigenvalue weighted by molar-refractivity contribution is 0.0733. The van der Waals surface area contributed by atoms with Crippen molar-refractivity contribution in [2.24, 2.45) is 5.10 Å². The van der Waals surface area contributed by atoms with Crippen molar-refractivity contribution in [3.63, 3.8) is 0 Å². The first-order valence-corrected chi connectivity index (χ1v) is 11.2. The molecule has 0 fully saturated rings. The SMILES string of the molecule is CCOc1ccc(C(=O)Oc2ccc(Cl)cc2/C=N/NC(=O)c2ccc(OC)cc2)cc1OCC. The first-order chi connectivity index (χ1) is 16.9. The van der Waals surface area contributed by atoms with Crippen LogP contribution in [0.1, 0.15) is 40.1 Å². The Balaban J connectivity index is 1.75. The van der Waals surface area contributed by atoms with Gasteiger partial charge in [-0.1, -0.05) is 11.6 Å². The first kappa shape index (κ1) is 25.6. The average Bonchev–Trinajstić information content (AvgIpc) is 2.86. The summed E-state index contributed by atoms with van der Waals surface area (Å²) in [6, 6.07) is 16.1. The average molecular weight is 497 g/mol. The summed E-state index contributed by atoms with van der Waals surface area (Å²) < 4.78 is 21.8. The summed E-state index contributed by atoms with van der Waals surface area (Å²) in [6.07, 6.45) is 1.35. The van der Waals surface area contributed by atoms with Crippen molar-refractivity contribution in [2.75, 3.05) is 20.3 Å². The van der Waals surface area contributed by atoms with E-state index >= 15 is 0 Å². The zero-order chi connectivity index (χ0) is 25.2. The highest BCUT2D eigenvalue weighted by molar-refractivity contribution is 6.31. The molecule has 8 nitrogen and oxygen atoms in total. The molecule has 0 aromatic heterocycles. The second-order valence-electron chi connectivity index (χ2n) is 7.03. The van der Waals surface area contributed by atoms with Crippen molar-refractivity contribution in [1.29, 1.82) is 0 Å². The number of hydrogen-bond donors (Lipinski definition) is 1. The van der Waals surface area contributed by atoms with Crippen molar-refractivity contribution in [3.05, 3.63) is 82.4 Å². The van der Waals surface area contributed by atoms with E-state index in [2.05, 4.69) is 10.5 Å². The zero-order valence-electron chi connectivity index (χ0n) is 19.5. The minimum Gasteiger partial charge on any atom is -0.497 e. The van der Waals surface area contributed by atoms with Crippen LogP contribution in [0.15, 0.2) is 65.8 Å². The molecule has 0 aliphatic rings. The third-order valence-corrected chi connectivity index (χ3v) is 4.91. The van der Waals surface area contributed by atoms with E-state index in [-0.39, 0.29) is 11.3 Å². The van der Waals surface area contributed by atoms with Gasteiger partial charge in [0.25, 0.3) is 5.91 Å². The molecule has 0 saturated heterocycles.